The van der Waals surface area contributed by atoms with E-state index in [-0.39, 0.29) is 12.5 Å². The number of benzene rings is 2. The number of aryl methyl sites for hydroxylation is 3. The number of ether oxygens (including phenoxy) is 1. The minimum atomic E-state index is -0.386. The molecule has 29 heavy (non-hydrogen) atoms. The summed E-state index contributed by atoms with van der Waals surface area (Å²) in [5.74, 6) is 1.36. The molecule has 150 valence electrons. The Morgan fingerprint density at radius 2 is 1.79 bits per heavy atom. The van der Waals surface area contributed by atoms with Gasteiger partial charge >= 0.3 is 0 Å². The Labute approximate surface area is 179 Å². The quantitative estimate of drug-likeness (QED) is 0.402. The summed E-state index contributed by atoms with van der Waals surface area (Å²) in [7, 11) is 0. The summed E-state index contributed by atoms with van der Waals surface area (Å²) < 4.78 is 11.2. The molecule has 0 saturated heterocycles. The lowest BCUT2D eigenvalue weighted by atomic mass is 10.1. The number of hydrogen-bond acceptors (Lipinski definition) is 4. The van der Waals surface area contributed by atoms with Gasteiger partial charge in [-0.25, -0.2) is 5.43 Å². The van der Waals surface area contributed by atoms with Gasteiger partial charge in [-0.1, -0.05) is 35.3 Å². The number of hydrazone groups is 1. The van der Waals surface area contributed by atoms with Gasteiger partial charge in [-0.3, -0.25) is 4.79 Å². The molecule has 1 amide bonds. The van der Waals surface area contributed by atoms with E-state index in [0.717, 1.165) is 22.3 Å². The third-order valence-electron chi connectivity index (χ3n) is 4.24. The third kappa shape index (κ3) is 5.40. The molecule has 0 spiro atoms. The van der Waals surface area contributed by atoms with Crippen LogP contribution in [-0.4, -0.2) is 18.7 Å². The molecule has 0 radical (unpaired) electrons. The largest absolute Gasteiger partial charge is 0.484 e. The highest BCUT2D eigenvalue weighted by molar-refractivity contribution is 6.32. The van der Waals surface area contributed by atoms with Crippen molar-refractivity contribution in [3.05, 3.63) is 75.0 Å². The average Bonchev–Trinajstić information content (AvgIpc) is 3.15. The van der Waals surface area contributed by atoms with Crippen molar-refractivity contribution in [2.45, 2.75) is 20.8 Å². The summed E-state index contributed by atoms with van der Waals surface area (Å²) in [6.07, 6.45) is 1.42. The molecule has 2 aromatic carbocycles. The minimum absolute atomic E-state index is 0.164. The van der Waals surface area contributed by atoms with E-state index in [9.17, 15) is 4.79 Å². The normalized spacial score (nSPS) is 11.1. The van der Waals surface area contributed by atoms with E-state index in [0.29, 0.717) is 27.3 Å². The van der Waals surface area contributed by atoms with Crippen LogP contribution in [0.25, 0.3) is 11.3 Å². The van der Waals surface area contributed by atoms with E-state index in [1.807, 2.05) is 45.0 Å². The van der Waals surface area contributed by atoms with Crippen LogP contribution in [0.5, 0.6) is 5.75 Å². The van der Waals surface area contributed by atoms with Crippen molar-refractivity contribution in [2.75, 3.05) is 6.61 Å². The van der Waals surface area contributed by atoms with Crippen molar-refractivity contribution in [2.24, 2.45) is 5.10 Å². The van der Waals surface area contributed by atoms with Crippen LogP contribution in [0.3, 0.4) is 0 Å². The molecule has 0 fully saturated rings. The second-order valence-electron chi connectivity index (χ2n) is 6.62. The Morgan fingerprint density at radius 3 is 2.48 bits per heavy atom. The zero-order valence-corrected chi connectivity index (χ0v) is 17.8. The van der Waals surface area contributed by atoms with Crippen LogP contribution in [0.1, 0.15) is 22.5 Å². The van der Waals surface area contributed by atoms with Gasteiger partial charge in [-0.15, -0.1) is 0 Å². The van der Waals surface area contributed by atoms with Crippen LogP contribution in [-0.2, 0) is 4.79 Å². The summed E-state index contributed by atoms with van der Waals surface area (Å²) in [5.41, 5.74) is 6.06. The van der Waals surface area contributed by atoms with Gasteiger partial charge in [0, 0.05) is 15.6 Å². The highest BCUT2D eigenvalue weighted by atomic mass is 35.5. The van der Waals surface area contributed by atoms with Crippen molar-refractivity contribution in [1.82, 2.24) is 5.43 Å². The molecule has 0 unspecified atom stereocenters. The van der Waals surface area contributed by atoms with Crippen LogP contribution >= 0.6 is 23.2 Å². The standard InChI is InChI=1S/C22H20Cl2N2O3/c1-13-4-5-16(10-19(13)23)20-7-6-17(29-20)11-25-26-21(27)12-28-18-8-14(2)22(24)15(3)9-18/h4-11H,12H2,1-3H3,(H,26,27). The van der Waals surface area contributed by atoms with Gasteiger partial charge in [-0.2, -0.15) is 5.10 Å². The molecule has 3 rings (SSSR count). The van der Waals surface area contributed by atoms with E-state index in [1.165, 1.54) is 6.21 Å². The van der Waals surface area contributed by atoms with Gasteiger partial charge < -0.3 is 9.15 Å². The summed E-state index contributed by atoms with van der Waals surface area (Å²) >= 11 is 12.3. The van der Waals surface area contributed by atoms with Gasteiger partial charge in [-0.05, 0) is 67.8 Å². The van der Waals surface area contributed by atoms with Gasteiger partial charge in [0.05, 0.1) is 6.21 Å². The molecule has 0 aliphatic carbocycles. The molecular weight excluding hydrogens is 411 g/mol. The molecular formula is C22H20Cl2N2O3. The Bertz CT molecular complexity index is 1050. The van der Waals surface area contributed by atoms with Crippen LogP contribution < -0.4 is 10.2 Å². The second kappa shape index (κ2) is 9.16. The number of hydrogen-bond donors (Lipinski definition) is 1. The fourth-order valence-corrected chi connectivity index (χ4v) is 2.95. The van der Waals surface area contributed by atoms with Gasteiger partial charge in [0.15, 0.2) is 6.61 Å². The van der Waals surface area contributed by atoms with Crippen molar-refractivity contribution >= 4 is 35.3 Å². The van der Waals surface area contributed by atoms with E-state index in [2.05, 4.69) is 10.5 Å². The molecule has 1 heterocycles. The lowest BCUT2D eigenvalue weighted by Gasteiger charge is -2.09. The smallest absolute Gasteiger partial charge is 0.277 e. The van der Waals surface area contributed by atoms with Crippen LogP contribution in [0.15, 0.2) is 52.0 Å². The number of amides is 1. The summed E-state index contributed by atoms with van der Waals surface area (Å²) in [6, 6.07) is 12.8. The first-order chi connectivity index (χ1) is 13.8. The van der Waals surface area contributed by atoms with Crippen molar-refractivity contribution in [1.29, 1.82) is 0 Å². The number of carbonyl (C=O) groups is 1. The third-order valence-corrected chi connectivity index (χ3v) is 5.25. The molecule has 1 aromatic heterocycles. The summed E-state index contributed by atoms with van der Waals surface area (Å²) in [6.45, 7) is 5.54. The molecule has 0 aliphatic heterocycles. The first-order valence-electron chi connectivity index (χ1n) is 8.91. The number of nitrogens with zero attached hydrogens (tertiary/aromatic N) is 1. The van der Waals surface area contributed by atoms with Crippen molar-refractivity contribution in [3.8, 4) is 17.1 Å². The summed E-state index contributed by atoms with van der Waals surface area (Å²) in [5, 5.41) is 5.26. The van der Waals surface area contributed by atoms with Gasteiger partial charge in [0.25, 0.3) is 5.91 Å². The molecule has 5 nitrogen and oxygen atoms in total. The second-order valence-corrected chi connectivity index (χ2v) is 7.40. The maximum absolute atomic E-state index is 11.9. The van der Waals surface area contributed by atoms with Gasteiger partial charge in [0.2, 0.25) is 0 Å². The molecule has 0 atom stereocenters. The minimum Gasteiger partial charge on any atom is -0.484 e. The van der Waals surface area contributed by atoms with E-state index in [1.54, 1.807) is 18.2 Å². The number of carbonyl (C=O) groups excluding carboxylic acids is 1. The van der Waals surface area contributed by atoms with E-state index >= 15 is 0 Å². The van der Waals surface area contributed by atoms with E-state index < -0.39 is 0 Å². The fraction of sp³-hybridized carbons (Fsp3) is 0.182. The summed E-state index contributed by atoms with van der Waals surface area (Å²) in [4.78, 5) is 11.9. The molecule has 0 saturated carbocycles. The maximum atomic E-state index is 11.9. The van der Waals surface area contributed by atoms with E-state index in [4.69, 9.17) is 32.4 Å². The number of nitrogens with one attached hydrogen (secondary N) is 1. The number of furan rings is 1. The van der Waals surface area contributed by atoms with Gasteiger partial charge in [0.1, 0.15) is 17.3 Å². The maximum Gasteiger partial charge on any atom is 0.277 e. The highest BCUT2D eigenvalue weighted by Gasteiger charge is 2.07. The predicted octanol–water partition coefficient (Wildman–Crippen LogP) is 5.71. The predicted molar refractivity (Wildman–Crippen MR) is 116 cm³/mol. The number of halogens is 2. The topological polar surface area (TPSA) is 63.8 Å². The lowest BCUT2D eigenvalue weighted by Crippen LogP contribution is -2.24. The SMILES string of the molecule is Cc1ccc(-c2ccc(C=NNC(=O)COc3cc(C)c(Cl)c(C)c3)o2)cc1Cl. The van der Waals surface area contributed by atoms with Crippen LogP contribution in [0.2, 0.25) is 10.0 Å². The Hall–Kier alpha value is -2.76. The number of rotatable bonds is 6. The lowest BCUT2D eigenvalue weighted by molar-refractivity contribution is -0.123. The Balaban J connectivity index is 1.54. The van der Waals surface area contributed by atoms with Crippen molar-refractivity contribution < 1.29 is 13.9 Å². The van der Waals surface area contributed by atoms with Crippen LogP contribution in [0, 0.1) is 20.8 Å². The first-order valence-corrected chi connectivity index (χ1v) is 9.67. The average molecular weight is 431 g/mol. The zero-order valence-electron chi connectivity index (χ0n) is 16.3. The van der Waals surface area contributed by atoms with Crippen LogP contribution in [0.4, 0.5) is 0 Å². The molecule has 1 N–H and O–H groups in total. The molecule has 3 aromatic rings. The molecule has 0 aliphatic rings. The first kappa shape index (κ1) is 21.0. The highest BCUT2D eigenvalue weighted by Crippen LogP contribution is 2.27. The Morgan fingerprint density at radius 1 is 1.07 bits per heavy atom. The Kier molecular flexibility index (Phi) is 6.62. The molecule has 0 bridgehead atoms. The monoisotopic (exact) mass is 430 g/mol. The van der Waals surface area contributed by atoms with Crippen molar-refractivity contribution in [3.63, 3.8) is 0 Å². The fourth-order valence-electron chi connectivity index (χ4n) is 2.66. The molecule has 7 heteroatoms. The zero-order chi connectivity index (χ0) is 21.0.